The molecule has 0 aromatic carbocycles. The van der Waals surface area contributed by atoms with Gasteiger partial charge in [-0.05, 0) is 18.8 Å². The fourth-order valence-electron chi connectivity index (χ4n) is 1.40. The number of anilines is 2. The maximum Gasteiger partial charge on any atom is 0.223 e. The molecule has 5 heteroatoms. The third-order valence-electron chi connectivity index (χ3n) is 2.32. The highest BCUT2D eigenvalue weighted by Gasteiger charge is 2.23. The van der Waals surface area contributed by atoms with Gasteiger partial charge >= 0.3 is 0 Å². The summed E-state index contributed by atoms with van der Waals surface area (Å²) in [7, 11) is 2.00. The molecule has 0 atom stereocenters. The maximum absolute atomic E-state index is 5.79. The molecule has 1 aliphatic rings. The highest BCUT2D eigenvalue weighted by molar-refractivity contribution is 6.29. The Kier molecular flexibility index (Phi) is 2.46. The molecular weight excluding hydrogens is 200 g/mol. The number of nitrogens with zero attached hydrogens (tertiary/aromatic N) is 3. The molecule has 0 unspecified atom stereocenters. The Morgan fingerprint density at radius 1 is 1.57 bits per heavy atom. The summed E-state index contributed by atoms with van der Waals surface area (Å²) in [6.07, 6.45) is 2.64. The first kappa shape index (κ1) is 9.52. The van der Waals surface area contributed by atoms with Crippen molar-refractivity contribution in [3.05, 3.63) is 11.2 Å². The van der Waals surface area contributed by atoms with E-state index in [2.05, 4.69) is 14.9 Å². The van der Waals surface area contributed by atoms with Crippen LogP contribution in [0.2, 0.25) is 5.15 Å². The number of aromatic nitrogens is 2. The van der Waals surface area contributed by atoms with Crippen LogP contribution in [0.3, 0.4) is 0 Å². The highest BCUT2D eigenvalue weighted by atomic mass is 35.5. The van der Waals surface area contributed by atoms with Crippen molar-refractivity contribution in [1.29, 1.82) is 0 Å². The fourth-order valence-corrected chi connectivity index (χ4v) is 1.58. The van der Waals surface area contributed by atoms with Gasteiger partial charge in [0, 0.05) is 19.7 Å². The Morgan fingerprint density at radius 2 is 2.29 bits per heavy atom. The average molecular weight is 213 g/mol. The fraction of sp³-hybridized carbons (Fsp3) is 0.556. The van der Waals surface area contributed by atoms with Gasteiger partial charge in [0.05, 0.1) is 0 Å². The molecule has 4 nitrogen and oxygen atoms in total. The van der Waals surface area contributed by atoms with Crippen LogP contribution in [-0.4, -0.2) is 23.6 Å². The van der Waals surface area contributed by atoms with Gasteiger partial charge in [-0.1, -0.05) is 11.6 Å². The largest absolute Gasteiger partial charge is 0.368 e. The lowest BCUT2D eigenvalue weighted by Gasteiger charge is -2.17. The van der Waals surface area contributed by atoms with E-state index in [1.54, 1.807) is 6.07 Å². The first-order chi connectivity index (χ1) is 6.65. The molecule has 0 amide bonds. The number of hydrogen-bond donors (Lipinski definition) is 1. The third kappa shape index (κ3) is 2.26. The van der Waals surface area contributed by atoms with E-state index in [1.165, 1.54) is 12.8 Å². The van der Waals surface area contributed by atoms with Gasteiger partial charge in [-0.15, -0.1) is 0 Å². The van der Waals surface area contributed by atoms with Gasteiger partial charge in [0.15, 0.2) is 0 Å². The standard InChI is InChI=1S/C9H13ClN4/c1-14(5-6-2-3-6)8-4-7(10)12-9(11)13-8/h4,6H,2-3,5H2,1H3,(H2,11,12,13). The van der Waals surface area contributed by atoms with Crippen molar-refractivity contribution >= 4 is 23.4 Å². The Balaban J connectivity index is 2.12. The van der Waals surface area contributed by atoms with Crippen LogP contribution < -0.4 is 10.6 Å². The van der Waals surface area contributed by atoms with Gasteiger partial charge in [0.2, 0.25) is 5.95 Å². The van der Waals surface area contributed by atoms with Crippen molar-refractivity contribution in [1.82, 2.24) is 9.97 Å². The zero-order valence-corrected chi connectivity index (χ0v) is 8.83. The monoisotopic (exact) mass is 212 g/mol. The van der Waals surface area contributed by atoms with Gasteiger partial charge in [0.1, 0.15) is 11.0 Å². The van der Waals surface area contributed by atoms with Crippen molar-refractivity contribution in [2.45, 2.75) is 12.8 Å². The van der Waals surface area contributed by atoms with Crippen molar-refractivity contribution in [2.24, 2.45) is 5.92 Å². The summed E-state index contributed by atoms with van der Waals surface area (Å²) in [5.41, 5.74) is 5.51. The quantitative estimate of drug-likeness (QED) is 0.773. The van der Waals surface area contributed by atoms with Crippen molar-refractivity contribution < 1.29 is 0 Å². The number of hydrogen-bond acceptors (Lipinski definition) is 4. The molecule has 0 radical (unpaired) electrons. The predicted octanol–water partition coefficient (Wildman–Crippen LogP) is 1.56. The minimum Gasteiger partial charge on any atom is -0.368 e. The van der Waals surface area contributed by atoms with Crippen LogP contribution in [0.25, 0.3) is 0 Å². The SMILES string of the molecule is CN(CC1CC1)c1cc(Cl)nc(N)n1. The summed E-state index contributed by atoms with van der Waals surface area (Å²) in [5, 5.41) is 0.398. The molecule has 1 saturated carbocycles. The molecule has 1 aromatic heterocycles. The van der Waals surface area contributed by atoms with Crippen molar-refractivity contribution in [2.75, 3.05) is 24.2 Å². The lowest BCUT2D eigenvalue weighted by molar-refractivity contribution is 0.776. The molecule has 0 saturated heterocycles. The van der Waals surface area contributed by atoms with E-state index >= 15 is 0 Å². The smallest absolute Gasteiger partial charge is 0.223 e. The number of nitrogens with two attached hydrogens (primary N) is 1. The molecule has 0 aliphatic heterocycles. The number of rotatable bonds is 3. The van der Waals surface area contributed by atoms with Crippen molar-refractivity contribution in [3.63, 3.8) is 0 Å². The van der Waals surface area contributed by atoms with Crippen molar-refractivity contribution in [3.8, 4) is 0 Å². The average Bonchev–Trinajstić information content (AvgIpc) is 2.86. The minimum atomic E-state index is 0.232. The van der Waals surface area contributed by atoms with Gasteiger partial charge < -0.3 is 10.6 Å². The zero-order valence-electron chi connectivity index (χ0n) is 8.07. The van der Waals surface area contributed by atoms with E-state index in [0.717, 1.165) is 18.3 Å². The summed E-state index contributed by atoms with van der Waals surface area (Å²) in [6.45, 7) is 1.02. The Labute approximate surface area is 88.1 Å². The molecule has 76 valence electrons. The molecule has 0 spiro atoms. The number of nitrogen functional groups attached to an aromatic ring is 1. The Bertz CT molecular complexity index is 317. The van der Waals surface area contributed by atoms with E-state index in [1.807, 2.05) is 7.05 Å². The molecule has 1 aliphatic carbocycles. The van der Waals surface area contributed by atoms with Crippen LogP contribution in [0.1, 0.15) is 12.8 Å². The van der Waals surface area contributed by atoms with E-state index in [-0.39, 0.29) is 5.95 Å². The highest BCUT2D eigenvalue weighted by Crippen LogP contribution is 2.30. The first-order valence-corrected chi connectivity index (χ1v) is 5.04. The molecule has 14 heavy (non-hydrogen) atoms. The molecule has 2 N–H and O–H groups in total. The van der Waals surface area contributed by atoms with Crippen LogP contribution >= 0.6 is 11.6 Å². The second kappa shape index (κ2) is 3.61. The van der Waals surface area contributed by atoms with Gasteiger partial charge in [-0.25, -0.2) is 4.98 Å². The second-order valence-corrected chi connectivity index (χ2v) is 4.12. The van der Waals surface area contributed by atoms with Gasteiger partial charge in [-0.2, -0.15) is 4.98 Å². The summed E-state index contributed by atoms with van der Waals surface area (Å²) in [5.74, 6) is 1.85. The third-order valence-corrected chi connectivity index (χ3v) is 2.51. The van der Waals surface area contributed by atoms with E-state index in [4.69, 9.17) is 17.3 Å². The molecule has 1 fully saturated rings. The van der Waals surface area contributed by atoms with Crippen LogP contribution in [-0.2, 0) is 0 Å². The van der Waals surface area contributed by atoms with Crippen LogP contribution in [0, 0.1) is 5.92 Å². The number of halogens is 1. The van der Waals surface area contributed by atoms with E-state index in [0.29, 0.717) is 5.15 Å². The second-order valence-electron chi connectivity index (χ2n) is 3.73. The van der Waals surface area contributed by atoms with Crippen LogP contribution in [0.15, 0.2) is 6.07 Å². The topological polar surface area (TPSA) is 55.0 Å². The Hall–Kier alpha value is -1.03. The zero-order chi connectivity index (χ0) is 10.1. The minimum absolute atomic E-state index is 0.232. The molecular formula is C9H13ClN4. The molecule has 1 heterocycles. The van der Waals surface area contributed by atoms with Crippen LogP contribution in [0.4, 0.5) is 11.8 Å². The summed E-state index contributed by atoms with van der Waals surface area (Å²) in [6, 6.07) is 1.74. The van der Waals surface area contributed by atoms with E-state index < -0.39 is 0 Å². The summed E-state index contributed by atoms with van der Waals surface area (Å²) >= 11 is 5.79. The van der Waals surface area contributed by atoms with Gasteiger partial charge in [0.25, 0.3) is 0 Å². The predicted molar refractivity (Wildman–Crippen MR) is 57.4 cm³/mol. The molecule has 2 rings (SSSR count). The summed E-state index contributed by atoms with van der Waals surface area (Å²) in [4.78, 5) is 10.0. The molecule has 0 bridgehead atoms. The van der Waals surface area contributed by atoms with Crippen LogP contribution in [0.5, 0.6) is 0 Å². The summed E-state index contributed by atoms with van der Waals surface area (Å²) < 4.78 is 0. The maximum atomic E-state index is 5.79. The Morgan fingerprint density at radius 3 is 2.86 bits per heavy atom. The first-order valence-electron chi connectivity index (χ1n) is 4.66. The van der Waals surface area contributed by atoms with E-state index in [9.17, 15) is 0 Å². The molecule has 1 aromatic rings. The lowest BCUT2D eigenvalue weighted by atomic mass is 10.4. The normalized spacial score (nSPS) is 15.6. The van der Waals surface area contributed by atoms with Gasteiger partial charge in [-0.3, -0.25) is 0 Å². The lowest BCUT2D eigenvalue weighted by Crippen LogP contribution is -2.21.